The molecule has 2 atom stereocenters. The molecule has 4 heteroatoms. The van der Waals surface area contributed by atoms with Crippen molar-refractivity contribution in [1.29, 1.82) is 0 Å². The van der Waals surface area contributed by atoms with Crippen LogP contribution in [-0.2, 0) is 17.7 Å². The van der Waals surface area contributed by atoms with E-state index in [0.717, 1.165) is 37.9 Å². The summed E-state index contributed by atoms with van der Waals surface area (Å²) < 4.78 is 5.00. The van der Waals surface area contributed by atoms with Gasteiger partial charge < -0.3 is 15.0 Å². The van der Waals surface area contributed by atoms with Crippen molar-refractivity contribution in [3.8, 4) is 0 Å². The fourth-order valence-corrected chi connectivity index (χ4v) is 2.65. The zero-order valence-electron chi connectivity index (χ0n) is 11.0. The number of methoxy groups -OCH3 is 1. The number of fused-ring (bicyclic) bond motifs is 1. The van der Waals surface area contributed by atoms with Crippen LogP contribution in [0.25, 0.3) is 0 Å². The van der Waals surface area contributed by atoms with Gasteiger partial charge in [-0.25, -0.2) is 4.98 Å². The highest BCUT2D eigenvalue weighted by Gasteiger charge is 2.24. The minimum absolute atomic E-state index is 0.595. The highest BCUT2D eigenvalue weighted by Crippen LogP contribution is 2.32. The number of imidazole rings is 1. The summed E-state index contributed by atoms with van der Waals surface area (Å²) in [6.45, 7) is 7.01. The van der Waals surface area contributed by atoms with Gasteiger partial charge in [-0.2, -0.15) is 0 Å². The maximum absolute atomic E-state index is 5.00. The van der Waals surface area contributed by atoms with E-state index in [4.69, 9.17) is 9.72 Å². The third-order valence-corrected chi connectivity index (χ3v) is 3.41. The Balaban J connectivity index is 1.95. The first-order valence-corrected chi connectivity index (χ1v) is 6.48. The van der Waals surface area contributed by atoms with Gasteiger partial charge in [0, 0.05) is 25.3 Å². The minimum Gasteiger partial charge on any atom is -0.383 e. The van der Waals surface area contributed by atoms with E-state index in [1.807, 2.05) is 0 Å². The second-order valence-corrected chi connectivity index (χ2v) is 5.16. The molecule has 0 bridgehead atoms. The number of aromatic amines is 1. The van der Waals surface area contributed by atoms with E-state index in [2.05, 4.69) is 24.1 Å². The summed E-state index contributed by atoms with van der Waals surface area (Å²) in [5, 5.41) is 3.32. The van der Waals surface area contributed by atoms with E-state index >= 15 is 0 Å². The average molecular weight is 237 g/mol. The van der Waals surface area contributed by atoms with Crippen molar-refractivity contribution >= 4 is 0 Å². The summed E-state index contributed by atoms with van der Waals surface area (Å²) >= 11 is 0. The van der Waals surface area contributed by atoms with Gasteiger partial charge >= 0.3 is 0 Å². The standard InChI is InChI=1S/C13H23N3O/c1-9-6-10(2)13-11(7-9)15-12(16-13)8-14-4-5-17-3/h9-10,14H,4-8H2,1-3H3,(H,15,16). The third kappa shape index (κ3) is 3.07. The highest BCUT2D eigenvalue weighted by molar-refractivity contribution is 5.22. The molecule has 0 amide bonds. The van der Waals surface area contributed by atoms with Crippen LogP contribution in [0.5, 0.6) is 0 Å². The minimum atomic E-state index is 0.595. The van der Waals surface area contributed by atoms with Gasteiger partial charge in [0.1, 0.15) is 5.82 Å². The zero-order valence-corrected chi connectivity index (χ0v) is 11.0. The molecule has 0 aliphatic heterocycles. The van der Waals surface area contributed by atoms with E-state index in [0.29, 0.717) is 5.92 Å². The normalized spacial score (nSPS) is 23.7. The van der Waals surface area contributed by atoms with Crippen molar-refractivity contribution in [2.24, 2.45) is 5.92 Å². The monoisotopic (exact) mass is 237 g/mol. The second kappa shape index (κ2) is 5.65. The summed E-state index contributed by atoms with van der Waals surface area (Å²) in [7, 11) is 1.72. The number of aromatic nitrogens is 2. The summed E-state index contributed by atoms with van der Waals surface area (Å²) in [5.74, 6) is 2.43. The van der Waals surface area contributed by atoms with E-state index < -0.39 is 0 Å². The molecule has 0 saturated carbocycles. The first-order valence-electron chi connectivity index (χ1n) is 6.48. The Morgan fingerprint density at radius 2 is 2.29 bits per heavy atom. The maximum Gasteiger partial charge on any atom is 0.120 e. The van der Waals surface area contributed by atoms with Crippen molar-refractivity contribution in [3.63, 3.8) is 0 Å². The van der Waals surface area contributed by atoms with Crippen LogP contribution in [-0.4, -0.2) is 30.2 Å². The van der Waals surface area contributed by atoms with Crippen molar-refractivity contribution in [2.75, 3.05) is 20.3 Å². The zero-order chi connectivity index (χ0) is 12.3. The predicted molar refractivity (Wildman–Crippen MR) is 68.1 cm³/mol. The van der Waals surface area contributed by atoms with Crippen LogP contribution < -0.4 is 5.32 Å². The molecule has 1 aliphatic carbocycles. The highest BCUT2D eigenvalue weighted by atomic mass is 16.5. The molecule has 1 aromatic rings. The first kappa shape index (κ1) is 12.6. The lowest BCUT2D eigenvalue weighted by molar-refractivity contribution is 0.199. The summed E-state index contributed by atoms with van der Waals surface area (Å²) in [4.78, 5) is 8.16. The Morgan fingerprint density at radius 3 is 3.06 bits per heavy atom. The fourth-order valence-electron chi connectivity index (χ4n) is 2.65. The Hall–Kier alpha value is -0.870. The lowest BCUT2D eigenvalue weighted by Crippen LogP contribution is -2.19. The summed E-state index contributed by atoms with van der Waals surface area (Å²) in [6.07, 6.45) is 2.40. The molecular formula is C13H23N3O. The number of nitrogens with one attached hydrogen (secondary N) is 2. The molecule has 96 valence electrons. The smallest absolute Gasteiger partial charge is 0.120 e. The fraction of sp³-hybridized carbons (Fsp3) is 0.769. The number of hydrogen-bond acceptors (Lipinski definition) is 3. The molecule has 0 fully saturated rings. The molecule has 0 radical (unpaired) electrons. The molecule has 2 unspecified atom stereocenters. The van der Waals surface area contributed by atoms with E-state index in [1.54, 1.807) is 7.11 Å². The van der Waals surface area contributed by atoms with Gasteiger partial charge in [0.05, 0.1) is 18.8 Å². The van der Waals surface area contributed by atoms with Crippen molar-refractivity contribution in [2.45, 2.75) is 39.2 Å². The molecule has 0 saturated heterocycles. The van der Waals surface area contributed by atoms with Crippen molar-refractivity contribution in [1.82, 2.24) is 15.3 Å². The Labute approximate surface area is 103 Å². The van der Waals surface area contributed by atoms with Crippen LogP contribution >= 0.6 is 0 Å². The van der Waals surface area contributed by atoms with Crippen LogP contribution in [0.3, 0.4) is 0 Å². The molecule has 4 nitrogen and oxygen atoms in total. The lowest BCUT2D eigenvalue weighted by Gasteiger charge is -2.22. The summed E-state index contributed by atoms with van der Waals surface area (Å²) in [5.41, 5.74) is 2.63. The van der Waals surface area contributed by atoms with Gasteiger partial charge in [-0.3, -0.25) is 0 Å². The molecule has 1 aliphatic rings. The van der Waals surface area contributed by atoms with Gasteiger partial charge in [-0.15, -0.1) is 0 Å². The Bertz CT molecular complexity index is 362. The lowest BCUT2D eigenvalue weighted by atomic mass is 9.84. The number of nitrogens with zero attached hydrogens (tertiary/aromatic N) is 1. The molecule has 2 rings (SSSR count). The molecule has 1 aromatic heterocycles. The molecule has 0 aromatic carbocycles. The Morgan fingerprint density at radius 1 is 1.47 bits per heavy atom. The van der Waals surface area contributed by atoms with E-state index in [1.165, 1.54) is 17.8 Å². The Kier molecular flexibility index (Phi) is 4.18. The maximum atomic E-state index is 5.00. The first-order chi connectivity index (χ1) is 8.20. The van der Waals surface area contributed by atoms with E-state index in [-0.39, 0.29) is 0 Å². The van der Waals surface area contributed by atoms with Crippen molar-refractivity contribution in [3.05, 3.63) is 17.2 Å². The van der Waals surface area contributed by atoms with Crippen LogP contribution in [0.2, 0.25) is 0 Å². The molecular weight excluding hydrogens is 214 g/mol. The molecule has 0 spiro atoms. The predicted octanol–water partition coefficient (Wildman–Crippen LogP) is 1.83. The van der Waals surface area contributed by atoms with Gasteiger partial charge in [0.2, 0.25) is 0 Å². The largest absolute Gasteiger partial charge is 0.383 e. The van der Waals surface area contributed by atoms with Crippen LogP contribution in [0, 0.1) is 5.92 Å². The van der Waals surface area contributed by atoms with Crippen LogP contribution in [0.15, 0.2) is 0 Å². The topological polar surface area (TPSA) is 49.9 Å². The van der Waals surface area contributed by atoms with Gasteiger partial charge in [0.15, 0.2) is 0 Å². The van der Waals surface area contributed by atoms with Crippen LogP contribution in [0.1, 0.15) is 43.4 Å². The van der Waals surface area contributed by atoms with Gasteiger partial charge in [0.25, 0.3) is 0 Å². The van der Waals surface area contributed by atoms with Gasteiger partial charge in [-0.05, 0) is 18.8 Å². The van der Waals surface area contributed by atoms with Crippen molar-refractivity contribution < 1.29 is 4.74 Å². The third-order valence-electron chi connectivity index (χ3n) is 3.41. The quantitative estimate of drug-likeness (QED) is 0.768. The van der Waals surface area contributed by atoms with Crippen LogP contribution in [0.4, 0.5) is 0 Å². The second-order valence-electron chi connectivity index (χ2n) is 5.16. The SMILES string of the molecule is COCCNCc1nc2c([nH]1)CC(C)CC2C. The van der Waals surface area contributed by atoms with E-state index in [9.17, 15) is 0 Å². The number of hydrogen-bond donors (Lipinski definition) is 2. The number of H-pyrrole nitrogens is 1. The molecule has 2 N–H and O–H groups in total. The average Bonchev–Trinajstić information content (AvgIpc) is 2.67. The molecule has 17 heavy (non-hydrogen) atoms. The summed E-state index contributed by atoms with van der Waals surface area (Å²) in [6, 6.07) is 0. The number of rotatable bonds is 5. The number of ether oxygens (including phenoxy) is 1. The molecule has 1 heterocycles. The van der Waals surface area contributed by atoms with Gasteiger partial charge in [-0.1, -0.05) is 13.8 Å².